The van der Waals surface area contributed by atoms with Crippen molar-refractivity contribution < 1.29 is 38.6 Å². The van der Waals surface area contributed by atoms with Crippen molar-refractivity contribution in [3.8, 4) is 0 Å². The third kappa shape index (κ3) is 14.0. The maximum atomic E-state index is 13.5. The van der Waals surface area contributed by atoms with Gasteiger partial charge in [0.15, 0.2) is 0 Å². The minimum absolute atomic E-state index is 0.0112. The fraction of sp³-hybridized carbons (Fsp3) is 0.636. The largest absolute Gasteiger partial charge is 0.445 e. The van der Waals surface area contributed by atoms with E-state index >= 15 is 0 Å². The van der Waals surface area contributed by atoms with Gasteiger partial charge in [0.05, 0.1) is 12.6 Å². The van der Waals surface area contributed by atoms with Crippen LogP contribution in [0.1, 0.15) is 86.6 Å². The van der Waals surface area contributed by atoms with Gasteiger partial charge in [-0.3, -0.25) is 24.0 Å². The summed E-state index contributed by atoms with van der Waals surface area (Å²) in [6, 6.07) is 6.28. The number of primary amides is 1. The lowest BCUT2D eigenvalue weighted by molar-refractivity contribution is -0.139. The fourth-order valence-corrected chi connectivity index (χ4v) is 4.35. The van der Waals surface area contributed by atoms with Crippen molar-refractivity contribution in [2.24, 2.45) is 17.6 Å². The van der Waals surface area contributed by atoms with Crippen LogP contribution in [-0.4, -0.2) is 76.5 Å². The number of benzene rings is 1. The highest BCUT2D eigenvalue weighted by atomic mass is 16.5. The number of aliphatic hydroxyl groups excluding tert-OH is 1. The molecule has 0 heterocycles. The van der Waals surface area contributed by atoms with E-state index in [2.05, 4.69) is 26.6 Å². The Bertz CT molecular complexity index is 1220. The van der Waals surface area contributed by atoms with Gasteiger partial charge in [-0.25, -0.2) is 4.79 Å². The zero-order valence-electron chi connectivity index (χ0n) is 28.9. The van der Waals surface area contributed by atoms with E-state index in [0.29, 0.717) is 0 Å². The van der Waals surface area contributed by atoms with Gasteiger partial charge >= 0.3 is 6.09 Å². The average Bonchev–Trinajstić information content (AvgIpc) is 2.99. The van der Waals surface area contributed by atoms with E-state index in [1.54, 1.807) is 32.9 Å². The van der Waals surface area contributed by atoms with Gasteiger partial charge in [0.1, 0.15) is 29.8 Å². The third-order valence-corrected chi connectivity index (χ3v) is 7.76. The molecule has 0 saturated carbocycles. The average molecular weight is 663 g/mol. The summed E-state index contributed by atoms with van der Waals surface area (Å²) in [5, 5.41) is 22.9. The van der Waals surface area contributed by atoms with Gasteiger partial charge in [0, 0.05) is 6.42 Å². The summed E-state index contributed by atoms with van der Waals surface area (Å²) in [4.78, 5) is 77.4. The minimum atomic E-state index is -1.53. The number of amides is 6. The van der Waals surface area contributed by atoms with Gasteiger partial charge in [-0.15, -0.1) is 0 Å². The number of nitrogens with one attached hydrogen (secondary N) is 5. The molecule has 0 fully saturated rings. The highest BCUT2D eigenvalue weighted by Crippen LogP contribution is 2.16. The van der Waals surface area contributed by atoms with E-state index in [9.17, 15) is 33.9 Å². The van der Waals surface area contributed by atoms with Crippen LogP contribution in [0.3, 0.4) is 0 Å². The number of ether oxygens (including phenoxy) is 1. The molecule has 0 aliphatic rings. The molecule has 0 aromatic heterocycles. The Hall–Kier alpha value is -4.20. The van der Waals surface area contributed by atoms with Crippen molar-refractivity contribution in [3.63, 3.8) is 0 Å². The summed E-state index contributed by atoms with van der Waals surface area (Å²) in [6.07, 6.45) is -0.711. The Balaban J connectivity index is 3.03. The van der Waals surface area contributed by atoms with E-state index in [1.807, 2.05) is 32.0 Å². The van der Waals surface area contributed by atoms with Crippen molar-refractivity contribution in [2.75, 3.05) is 6.61 Å². The molecule has 14 heteroatoms. The molecule has 0 spiro atoms. The first kappa shape index (κ1) is 40.8. The van der Waals surface area contributed by atoms with Crippen LogP contribution < -0.4 is 32.3 Å². The molecule has 1 rings (SSSR count). The fourth-order valence-electron chi connectivity index (χ4n) is 4.35. The predicted octanol–water partition coefficient (Wildman–Crippen LogP) is 1.39. The zero-order valence-corrected chi connectivity index (χ0v) is 28.9. The highest BCUT2D eigenvalue weighted by molar-refractivity contribution is 5.98. The van der Waals surface area contributed by atoms with Crippen molar-refractivity contribution >= 4 is 35.6 Å². The minimum Gasteiger partial charge on any atom is -0.445 e. The van der Waals surface area contributed by atoms with Crippen molar-refractivity contribution in [2.45, 2.75) is 117 Å². The molecular formula is C33H54N6O8. The van der Waals surface area contributed by atoms with Crippen LogP contribution in [0.5, 0.6) is 0 Å². The molecule has 1 aromatic rings. The zero-order chi connectivity index (χ0) is 35.9. The van der Waals surface area contributed by atoms with E-state index in [0.717, 1.165) is 5.56 Å². The Morgan fingerprint density at radius 3 is 1.98 bits per heavy atom. The van der Waals surface area contributed by atoms with Gasteiger partial charge in [-0.1, -0.05) is 65.0 Å². The number of nitrogens with two attached hydrogens (primary N) is 1. The third-order valence-electron chi connectivity index (χ3n) is 7.76. The number of rotatable bonds is 19. The summed E-state index contributed by atoms with van der Waals surface area (Å²) in [5.41, 5.74) is 2.99. The Morgan fingerprint density at radius 1 is 0.851 bits per heavy atom. The molecule has 0 saturated heterocycles. The molecule has 8 N–H and O–H groups in total. The second-order valence-electron chi connectivity index (χ2n) is 13.2. The number of hydrogen-bond acceptors (Lipinski definition) is 8. The van der Waals surface area contributed by atoms with E-state index in [-0.39, 0.29) is 50.7 Å². The summed E-state index contributed by atoms with van der Waals surface area (Å²) in [6.45, 7) is 13.1. The smallest absolute Gasteiger partial charge is 0.408 e. The monoisotopic (exact) mass is 662 g/mol. The Kier molecular flexibility index (Phi) is 16.3. The van der Waals surface area contributed by atoms with Crippen LogP contribution in [0, 0.1) is 11.8 Å². The number of carbonyl (C=O) groups is 6. The molecule has 1 aromatic carbocycles. The lowest BCUT2D eigenvalue weighted by atomic mass is 9.93. The topological polar surface area (TPSA) is 218 Å². The van der Waals surface area contributed by atoms with Crippen LogP contribution >= 0.6 is 0 Å². The standard InChI is InChI=1S/C33H54N6O8/c1-9-33(8,30(45)36-23(15-16-26(34)41)27(42)35-25(18-40)21(4)5)39-29(44)32(6,7)38-28(43)24(17-20(2)3)37-31(46)47-19-22-13-11-10-12-14-22/h10-14,20-21,23-25,40H,9,15-19H2,1-8H3,(H2,34,41)(H,35,42)(H,36,45)(H,37,46)(H,38,43)(H,39,44)/t23-,24-,25+,33+/m0/s1. The number of alkyl carbamates (subject to hydrolysis) is 1. The number of aliphatic hydroxyl groups is 1. The molecular weight excluding hydrogens is 608 g/mol. The lowest BCUT2D eigenvalue weighted by Crippen LogP contribution is -2.66. The Morgan fingerprint density at radius 2 is 1.47 bits per heavy atom. The number of hydrogen-bond donors (Lipinski definition) is 7. The summed E-state index contributed by atoms with van der Waals surface area (Å²) in [5.74, 6) is -3.40. The van der Waals surface area contributed by atoms with E-state index in [1.165, 1.54) is 20.8 Å². The predicted molar refractivity (Wildman–Crippen MR) is 176 cm³/mol. The quantitative estimate of drug-likeness (QED) is 0.115. The second kappa shape index (κ2) is 18.8. The van der Waals surface area contributed by atoms with E-state index < -0.39 is 64.8 Å². The van der Waals surface area contributed by atoms with Crippen molar-refractivity contribution in [1.82, 2.24) is 26.6 Å². The van der Waals surface area contributed by atoms with Crippen LogP contribution in [0.4, 0.5) is 4.79 Å². The second-order valence-corrected chi connectivity index (χ2v) is 13.2. The molecule has 0 unspecified atom stereocenters. The molecule has 0 aliphatic carbocycles. The molecule has 0 radical (unpaired) electrons. The maximum absolute atomic E-state index is 13.5. The van der Waals surface area contributed by atoms with Crippen molar-refractivity contribution in [3.05, 3.63) is 35.9 Å². The van der Waals surface area contributed by atoms with Gasteiger partial charge in [-0.05, 0) is 57.4 Å². The molecule has 4 atom stereocenters. The van der Waals surface area contributed by atoms with Gasteiger partial charge in [-0.2, -0.15) is 0 Å². The first-order valence-electron chi connectivity index (χ1n) is 16.0. The molecule has 14 nitrogen and oxygen atoms in total. The molecule has 0 aliphatic heterocycles. The van der Waals surface area contributed by atoms with Crippen LogP contribution in [0.15, 0.2) is 30.3 Å². The SMILES string of the molecule is CC[C@@](C)(NC(=O)C(C)(C)NC(=O)[C@H](CC(C)C)NC(=O)OCc1ccccc1)C(=O)N[C@@H](CCC(N)=O)C(=O)N[C@H](CO)C(C)C. The van der Waals surface area contributed by atoms with Gasteiger partial charge in [0.2, 0.25) is 29.5 Å². The van der Waals surface area contributed by atoms with Crippen LogP contribution in [0.2, 0.25) is 0 Å². The lowest BCUT2D eigenvalue weighted by Gasteiger charge is -2.35. The molecule has 264 valence electrons. The van der Waals surface area contributed by atoms with Gasteiger partial charge in [0.25, 0.3) is 0 Å². The molecule has 6 amide bonds. The van der Waals surface area contributed by atoms with E-state index in [4.69, 9.17) is 10.5 Å². The normalized spacial score (nSPS) is 14.6. The molecule has 0 bridgehead atoms. The van der Waals surface area contributed by atoms with Gasteiger partial charge < -0.3 is 42.2 Å². The van der Waals surface area contributed by atoms with Crippen LogP contribution in [-0.2, 0) is 35.3 Å². The van der Waals surface area contributed by atoms with Crippen molar-refractivity contribution in [1.29, 1.82) is 0 Å². The van der Waals surface area contributed by atoms with Crippen LogP contribution in [0.25, 0.3) is 0 Å². The summed E-state index contributed by atoms with van der Waals surface area (Å²) >= 11 is 0. The number of carbonyl (C=O) groups excluding carboxylic acids is 6. The summed E-state index contributed by atoms with van der Waals surface area (Å²) in [7, 11) is 0. The highest BCUT2D eigenvalue weighted by Gasteiger charge is 2.41. The summed E-state index contributed by atoms with van der Waals surface area (Å²) < 4.78 is 5.27. The maximum Gasteiger partial charge on any atom is 0.408 e. The first-order valence-corrected chi connectivity index (χ1v) is 16.0. The Labute approximate surface area is 277 Å². The first-order chi connectivity index (χ1) is 21.8. The molecule has 47 heavy (non-hydrogen) atoms.